The highest BCUT2D eigenvalue weighted by Gasteiger charge is 2.62. The molecule has 7 rings (SSSR count). The van der Waals surface area contributed by atoms with E-state index in [0.717, 1.165) is 81.6 Å². The molecule has 1 N–H and O–H groups in total. The van der Waals surface area contributed by atoms with Gasteiger partial charge in [0.15, 0.2) is 6.29 Å². The molecule has 3 aliphatic carbocycles. The Hall–Kier alpha value is -2.44. The Kier molecular flexibility index (Phi) is 6.67. The number of aliphatic hydroxyl groups is 1. The van der Waals surface area contributed by atoms with Crippen molar-refractivity contribution in [3.63, 3.8) is 0 Å². The van der Waals surface area contributed by atoms with Crippen LogP contribution in [0.15, 0.2) is 52.8 Å². The van der Waals surface area contributed by atoms with Gasteiger partial charge in [0.05, 0.1) is 17.9 Å². The van der Waals surface area contributed by atoms with Gasteiger partial charge in [-0.1, -0.05) is 30.3 Å². The van der Waals surface area contributed by atoms with E-state index in [4.69, 9.17) is 9.47 Å². The maximum Gasteiger partial charge on any atom is 0.199 e. The fourth-order valence-corrected chi connectivity index (χ4v) is 8.79. The van der Waals surface area contributed by atoms with Crippen molar-refractivity contribution in [1.82, 2.24) is 5.01 Å². The fraction of sp³-hybridized carbons (Fsp3) is 0.636. The van der Waals surface area contributed by atoms with Crippen LogP contribution >= 0.6 is 0 Å². The number of ether oxygens (including phenoxy) is 2. The highest BCUT2D eigenvalue weighted by atomic mass is 16.7. The lowest BCUT2D eigenvalue weighted by Gasteiger charge is -2.53. The molecular weight excluding hydrogens is 486 g/mol. The summed E-state index contributed by atoms with van der Waals surface area (Å²) in [5, 5.41) is 23.2. The summed E-state index contributed by atoms with van der Waals surface area (Å²) in [6.07, 6.45) is 12.0. The second-order valence-corrected chi connectivity index (χ2v) is 12.9. The van der Waals surface area contributed by atoms with Gasteiger partial charge in [0.25, 0.3) is 0 Å². The van der Waals surface area contributed by atoms with Crippen LogP contribution in [0, 0.1) is 17.3 Å². The van der Waals surface area contributed by atoms with Crippen LogP contribution in [0.5, 0.6) is 5.75 Å². The first-order chi connectivity index (χ1) is 19.0. The van der Waals surface area contributed by atoms with Crippen LogP contribution in [0.4, 0.5) is 5.69 Å². The summed E-state index contributed by atoms with van der Waals surface area (Å²) in [4.78, 5) is 0. The van der Waals surface area contributed by atoms with Crippen LogP contribution in [-0.4, -0.2) is 36.1 Å². The van der Waals surface area contributed by atoms with Gasteiger partial charge in [-0.15, -0.1) is 5.11 Å². The molecule has 5 aliphatic rings. The number of nitrogens with zero attached hydrogens (tertiary/aromatic N) is 3. The topological polar surface area (TPSA) is 66.6 Å². The number of hydrogen-bond acceptors (Lipinski definition) is 5. The molecule has 1 unspecified atom stereocenters. The predicted molar refractivity (Wildman–Crippen MR) is 151 cm³/mol. The van der Waals surface area contributed by atoms with Crippen molar-refractivity contribution in [2.75, 3.05) is 19.7 Å². The number of benzene rings is 2. The molecule has 2 aromatic carbocycles. The predicted octanol–water partition coefficient (Wildman–Crippen LogP) is 7.43. The van der Waals surface area contributed by atoms with Crippen molar-refractivity contribution in [2.24, 2.45) is 27.6 Å². The Balaban J connectivity index is 1.07. The molecule has 0 radical (unpaired) electrons. The molecule has 0 bridgehead atoms. The molecule has 6 heteroatoms. The number of fused-ring (bicyclic) bond motifs is 5. The van der Waals surface area contributed by atoms with Gasteiger partial charge >= 0.3 is 0 Å². The highest BCUT2D eigenvalue weighted by molar-refractivity contribution is 5.43. The maximum atomic E-state index is 12.3. The van der Waals surface area contributed by atoms with Gasteiger partial charge in [-0.05, 0) is 123 Å². The molecule has 2 saturated heterocycles. The average Bonchev–Trinajstić information content (AvgIpc) is 3.59. The molecule has 0 aromatic heterocycles. The third kappa shape index (κ3) is 4.48. The van der Waals surface area contributed by atoms with E-state index in [-0.39, 0.29) is 11.7 Å². The normalized spacial score (nSPS) is 36.0. The van der Waals surface area contributed by atoms with E-state index >= 15 is 0 Å². The van der Waals surface area contributed by atoms with Gasteiger partial charge in [-0.25, -0.2) is 0 Å². The number of rotatable bonds is 5. The molecule has 2 saturated carbocycles. The Morgan fingerprint density at radius 3 is 2.59 bits per heavy atom. The standard InChI is InChI=1S/C33H43N3O3/c1-32-17-15-28-27-14-12-26(39-31-6-2-5-21-38-31)22-23(27)7-13-29(28)30(32)16-18-33(32,37)24-8-10-25(11-9-24)34-35-36-19-3-4-20-36/h8-12,14,22,28-31,37H,2-7,13,15-21H2,1H3/t28-,29-,30+,31?,32+,33-/m1/s1. The van der Waals surface area contributed by atoms with Crippen molar-refractivity contribution in [3.8, 4) is 5.75 Å². The Bertz CT molecular complexity index is 1200. The van der Waals surface area contributed by atoms with Gasteiger partial charge in [0.2, 0.25) is 0 Å². The van der Waals surface area contributed by atoms with Crippen LogP contribution in [0.2, 0.25) is 0 Å². The van der Waals surface area contributed by atoms with E-state index in [1.54, 1.807) is 0 Å². The molecule has 39 heavy (non-hydrogen) atoms. The van der Waals surface area contributed by atoms with E-state index < -0.39 is 5.60 Å². The Morgan fingerprint density at radius 1 is 0.949 bits per heavy atom. The third-order valence-electron chi connectivity index (χ3n) is 11.0. The van der Waals surface area contributed by atoms with Crippen LogP contribution < -0.4 is 4.74 Å². The van der Waals surface area contributed by atoms with Gasteiger partial charge in [0, 0.05) is 24.9 Å². The number of aryl methyl sites for hydroxylation is 1. The maximum absolute atomic E-state index is 12.3. The lowest BCUT2D eigenvalue weighted by atomic mass is 9.52. The van der Waals surface area contributed by atoms with Crippen molar-refractivity contribution in [3.05, 3.63) is 59.2 Å². The average molecular weight is 530 g/mol. The third-order valence-corrected chi connectivity index (χ3v) is 11.0. The Morgan fingerprint density at radius 2 is 1.79 bits per heavy atom. The van der Waals surface area contributed by atoms with Crippen LogP contribution in [0.1, 0.15) is 93.7 Å². The van der Waals surface area contributed by atoms with E-state index in [1.165, 1.54) is 36.8 Å². The summed E-state index contributed by atoms with van der Waals surface area (Å²) < 4.78 is 12.0. The summed E-state index contributed by atoms with van der Waals surface area (Å²) in [5.41, 5.74) is 4.00. The monoisotopic (exact) mass is 529 g/mol. The van der Waals surface area contributed by atoms with E-state index in [9.17, 15) is 5.11 Å². The molecule has 6 atom stereocenters. The summed E-state index contributed by atoms with van der Waals surface area (Å²) in [7, 11) is 0. The minimum Gasteiger partial charge on any atom is -0.465 e. The zero-order valence-corrected chi connectivity index (χ0v) is 23.4. The molecule has 6 nitrogen and oxygen atoms in total. The summed E-state index contributed by atoms with van der Waals surface area (Å²) in [5.74, 6) is 2.71. The molecule has 2 heterocycles. The molecule has 2 aliphatic heterocycles. The SMILES string of the molecule is C[C@]12CC[C@@H]3c4ccc(OC5CCCCO5)cc4CC[C@H]3[C@@H]1CC[C@@]2(O)c1ccc(N=NN2CCCC2)cc1. The van der Waals surface area contributed by atoms with Crippen molar-refractivity contribution < 1.29 is 14.6 Å². The van der Waals surface area contributed by atoms with Crippen LogP contribution in [-0.2, 0) is 16.8 Å². The summed E-state index contributed by atoms with van der Waals surface area (Å²) in [6.45, 7) is 5.18. The van der Waals surface area contributed by atoms with E-state index in [0.29, 0.717) is 17.8 Å². The lowest BCUT2D eigenvalue weighted by Crippen LogP contribution is -2.49. The zero-order chi connectivity index (χ0) is 26.5. The fourth-order valence-electron chi connectivity index (χ4n) is 8.79. The van der Waals surface area contributed by atoms with E-state index in [2.05, 4.69) is 47.6 Å². The second-order valence-electron chi connectivity index (χ2n) is 12.9. The van der Waals surface area contributed by atoms with Crippen LogP contribution in [0.3, 0.4) is 0 Å². The van der Waals surface area contributed by atoms with Gasteiger partial charge in [0.1, 0.15) is 5.75 Å². The van der Waals surface area contributed by atoms with Crippen LogP contribution in [0.25, 0.3) is 0 Å². The molecule has 0 spiro atoms. The summed E-state index contributed by atoms with van der Waals surface area (Å²) in [6, 6.07) is 15.1. The van der Waals surface area contributed by atoms with Gasteiger partial charge in [-0.3, -0.25) is 5.01 Å². The largest absolute Gasteiger partial charge is 0.465 e. The first kappa shape index (κ1) is 25.5. The zero-order valence-electron chi connectivity index (χ0n) is 23.4. The highest BCUT2D eigenvalue weighted by Crippen LogP contribution is 2.67. The van der Waals surface area contributed by atoms with Crippen molar-refractivity contribution in [2.45, 2.75) is 95.4 Å². The van der Waals surface area contributed by atoms with E-state index in [1.807, 2.05) is 17.1 Å². The van der Waals surface area contributed by atoms with Gasteiger partial charge in [-0.2, -0.15) is 0 Å². The molecule has 2 aromatic rings. The molecule has 208 valence electrons. The first-order valence-electron chi connectivity index (χ1n) is 15.4. The minimum absolute atomic E-state index is 0.0955. The Labute approximate surface area is 232 Å². The smallest absolute Gasteiger partial charge is 0.199 e. The second kappa shape index (κ2) is 10.2. The van der Waals surface area contributed by atoms with Gasteiger partial charge < -0.3 is 14.6 Å². The number of hydrogen-bond donors (Lipinski definition) is 1. The first-order valence-corrected chi connectivity index (χ1v) is 15.4. The molecule has 0 amide bonds. The van der Waals surface area contributed by atoms with Crippen molar-refractivity contribution >= 4 is 5.69 Å². The van der Waals surface area contributed by atoms with Crippen molar-refractivity contribution in [1.29, 1.82) is 0 Å². The lowest BCUT2D eigenvalue weighted by molar-refractivity contribution is -0.108. The molecular formula is C33H43N3O3. The quantitative estimate of drug-likeness (QED) is 0.409. The minimum atomic E-state index is -0.786. The molecule has 4 fully saturated rings. The summed E-state index contributed by atoms with van der Waals surface area (Å²) >= 11 is 0.